The molecule has 6 heteroatoms. The van der Waals surface area contributed by atoms with E-state index in [0.29, 0.717) is 22.2 Å². The first kappa shape index (κ1) is 14.9. The number of benzene rings is 2. The highest BCUT2D eigenvalue weighted by molar-refractivity contribution is 6.39. The van der Waals surface area contributed by atoms with Crippen molar-refractivity contribution < 1.29 is 4.79 Å². The van der Waals surface area contributed by atoms with Crippen molar-refractivity contribution in [3.8, 4) is 0 Å². The lowest BCUT2D eigenvalue weighted by molar-refractivity contribution is -0.112. The minimum atomic E-state index is -0.520. The Kier molecular flexibility index (Phi) is 4.05. The fraction of sp³-hybridized carbons (Fsp3) is 0.125. The molecule has 2 aromatic rings. The van der Waals surface area contributed by atoms with Crippen LogP contribution in [0.5, 0.6) is 0 Å². The normalized spacial score (nSPS) is 17.5. The summed E-state index contributed by atoms with van der Waals surface area (Å²) in [6, 6.07) is 14.7. The molecule has 0 saturated carbocycles. The Hall–Kier alpha value is -2.04. The Morgan fingerprint density at radius 2 is 1.82 bits per heavy atom. The van der Waals surface area contributed by atoms with E-state index >= 15 is 0 Å². The van der Waals surface area contributed by atoms with Crippen molar-refractivity contribution in [3.63, 3.8) is 0 Å². The number of hydrogen-bond acceptors (Lipinski definition) is 3. The van der Waals surface area contributed by atoms with E-state index in [0.717, 1.165) is 11.3 Å². The summed E-state index contributed by atoms with van der Waals surface area (Å²) in [7, 11) is 0. The Morgan fingerprint density at radius 1 is 1.14 bits per heavy atom. The molecule has 0 aromatic heterocycles. The quantitative estimate of drug-likeness (QED) is 0.928. The van der Waals surface area contributed by atoms with Crippen LogP contribution in [0, 0.1) is 0 Å². The van der Waals surface area contributed by atoms with Crippen LogP contribution < -0.4 is 10.7 Å². The molecule has 2 aromatic carbocycles. The fourth-order valence-corrected chi connectivity index (χ4v) is 2.81. The summed E-state index contributed by atoms with van der Waals surface area (Å²) in [6.07, 6.45) is 0.433. The maximum atomic E-state index is 11.5. The molecule has 1 aliphatic heterocycles. The lowest BCUT2D eigenvalue weighted by atomic mass is 10.0. The van der Waals surface area contributed by atoms with Crippen LogP contribution in [-0.2, 0) is 4.79 Å². The highest BCUT2D eigenvalue weighted by atomic mass is 35.5. The van der Waals surface area contributed by atoms with Gasteiger partial charge in [-0.3, -0.25) is 9.80 Å². The summed E-state index contributed by atoms with van der Waals surface area (Å²) >= 11 is 12.2. The van der Waals surface area contributed by atoms with Crippen molar-refractivity contribution in [3.05, 3.63) is 64.1 Å². The second kappa shape index (κ2) is 5.99. The molecule has 0 spiro atoms. The summed E-state index contributed by atoms with van der Waals surface area (Å²) in [6.45, 7) is 0. The fourth-order valence-electron chi connectivity index (χ4n) is 2.46. The highest BCUT2D eigenvalue weighted by Crippen LogP contribution is 2.38. The zero-order chi connectivity index (χ0) is 15.7. The Bertz CT molecular complexity index is 743. The lowest BCUT2D eigenvalue weighted by Crippen LogP contribution is -2.22. The number of nitrogens with zero attached hydrogens (tertiary/aromatic N) is 2. The first-order valence-electron chi connectivity index (χ1n) is 6.73. The third-order valence-corrected chi connectivity index (χ3v) is 4.12. The molecule has 2 N–H and O–H groups in total. The van der Waals surface area contributed by atoms with Gasteiger partial charge >= 0.3 is 0 Å². The molecule has 1 heterocycles. The first-order valence-corrected chi connectivity index (χ1v) is 7.48. The van der Waals surface area contributed by atoms with Crippen molar-refractivity contribution >= 4 is 40.5 Å². The molecular formula is C16H13Cl2N3O. The van der Waals surface area contributed by atoms with E-state index in [-0.39, 0.29) is 6.04 Å². The van der Waals surface area contributed by atoms with E-state index in [9.17, 15) is 4.79 Å². The smallest absolute Gasteiger partial charge is 0.265 e. The van der Waals surface area contributed by atoms with E-state index in [1.807, 2.05) is 42.5 Å². The SMILES string of the molecule is NC(=O)C1=NN(c2ccccc2Cl)C(c2ccc(Cl)cc2)C1. The highest BCUT2D eigenvalue weighted by Gasteiger charge is 2.32. The van der Waals surface area contributed by atoms with Gasteiger partial charge in [0.05, 0.1) is 16.8 Å². The number of hydrazone groups is 1. The molecule has 22 heavy (non-hydrogen) atoms. The molecule has 112 valence electrons. The minimum absolute atomic E-state index is 0.139. The van der Waals surface area contributed by atoms with Crippen molar-refractivity contribution in [2.45, 2.75) is 12.5 Å². The van der Waals surface area contributed by atoms with Gasteiger partial charge in [0, 0.05) is 11.4 Å². The van der Waals surface area contributed by atoms with Crippen LogP contribution in [-0.4, -0.2) is 11.6 Å². The zero-order valence-electron chi connectivity index (χ0n) is 11.5. The second-order valence-electron chi connectivity index (χ2n) is 4.98. The Balaban J connectivity index is 2.04. The van der Waals surface area contributed by atoms with Gasteiger partial charge in [0.25, 0.3) is 5.91 Å². The number of para-hydroxylation sites is 1. The van der Waals surface area contributed by atoms with Crippen LogP contribution in [0.3, 0.4) is 0 Å². The monoisotopic (exact) mass is 333 g/mol. The second-order valence-corrected chi connectivity index (χ2v) is 5.82. The molecule has 0 fully saturated rings. The Labute approximate surface area is 138 Å². The van der Waals surface area contributed by atoms with E-state index < -0.39 is 5.91 Å². The molecule has 1 aliphatic rings. The summed E-state index contributed by atoms with van der Waals surface area (Å²) in [5.41, 5.74) is 7.45. The molecule has 0 radical (unpaired) electrons. The van der Waals surface area contributed by atoms with E-state index in [1.165, 1.54) is 0 Å². The zero-order valence-corrected chi connectivity index (χ0v) is 13.1. The van der Waals surface area contributed by atoms with Crippen molar-refractivity contribution in [2.24, 2.45) is 10.8 Å². The Morgan fingerprint density at radius 3 is 2.45 bits per heavy atom. The third-order valence-electron chi connectivity index (χ3n) is 3.55. The van der Waals surface area contributed by atoms with Gasteiger partial charge in [-0.2, -0.15) is 5.10 Å². The summed E-state index contributed by atoms with van der Waals surface area (Å²) < 4.78 is 0. The lowest BCUT2D eigenvalue weighted by Gasteiger charge is -2.24. The average molecular weight is 334 g/mol. The van der Waals surface area contributed by atoms with Gasteiger partial charge in [0.15, 0.2) is 0 Å². The van der Waals surface area contributed by atoms with Gasteiger partial charge in [0.1, 0.15) is 5.71 Å². The first-order chi connectivity index (χ1) is 10.6. The van der Waals surface area contributed by atoms with Crippen LogP contribution in [0.1, 0.15) is 18.0 Å². The number of halogens is 2. The van der Waals surface area contributed by atoms with Gasteiger partial charge in [0.2, 0.25) is 0 Å². The summed E-state index contributed by atoms with van der Waals surface area (Å²) in [5.74, 6) is -0.520. The number of carbonyl (C=O) groups is 1. The molecule has 3 rings (SSSR count). The third kappa shape index (κ3) is 2.80. The number of nitrogens with two attached hydrogens (primary N) is 1. The van der Waals surface area contributed by atoms with Crippen molar-refractivity contribution in [2.75, 3.05) is 5.01 Å². The number of amides is 1. The van der Waals surface area contributed by atoms with Gasteiger partial charge in [-0.25, -0.2) is 0 Å². The summed E-state index contributed by atoms with van der Waals surface area (Å²) in [5, 5.41) is 7.32. The molecule has 4 nitrogen and oxygen atoms in total. The predicted octanol–water partition coefficient (Wildman–Crippen LogP) is 3.79. The van der Waals surface area contributed by atoms with Crippen molar-refractivity contribution in [1.29, 1.82) is 0 Å². The number of primary amides is 1. The predicted molar refractivity (Wildman–Crippen MR) is 89.4 cm³/mol. The maximum absolute atomic E-state index is 11.5. The van der Waals surface area contributed by atoms with Crippen molar-refractivity contribution in [1.82, 2.24) is 0 Å². The molecule has 1 amide bonds. The van der Waals surface area contributed by atoms with Crippen LogP contribution in [0.4, 0.5) is 5.69 Å². The van der Waals surface area contributed by atoms with Crippen LogP contribution >= 0.6 is 23.2 Å². The van der Waals surface area contributed by atoms with Crippen LogP contribution in [0.15, 0.2) is 53.6 Å². The maximum Gasteiger partial charge on any atom is 0.265 e. The van der Waals surface area contributed by atoms with Gasteiger partial charge < -0.3 is 5.73 Å². The van der Waals surface area contributed by atoms with Gasteiger partial charge in [-0.15, -0.1) is 0 Å². The molecule has 0 bridgehead atoms. The largest absolute Gasteiger partial charge is 0.364 e. The van der Waals surface area contributed by atoms with Crippen LogP contribution in [0.25, 0.3) is 0 Å². The van der Waals surface area contributed by atoms with Gasteiger partial charge in [-0.1, -0.05) is 47.5 Å². The molecule has 0 saturated heterocycles. The number of anilines is 1. The average Bonchev–Trinajstić information content (AvgIpc) is 2.94. The topological polar surface area (TPSA) is 58.7 Å². The molecular weight excluding hydrogens is 321 g/mol. The van der Waals surface area contributed by atoms with Crippen LogP contribution in [0.2, 0.25) is 10.0 Å². The summed E-state index contributed by atoms with van der Waals surface area (Å²) in [4.78, 5) is 11.5. The van der Waals surface area contributed by atoms with Gasteiger partial charge in [-0.05, 0) is 29.8 Å². The van der Waals surface area contributed by atoms with E-state index in [4.69, 9.17) is 28.9 Å². The molecule has 0 aliphatic carbocycles. The minimum Gasteiger partial charge on any atom is -0.364 e. The number of rotatable bonds is 3. The van der Waals surface area contributed by atoms with E-state index in [1.54, 1.807) is 11.1 Å². The molecule has 1 atom stereocenters. The number of hydrogen-bond donors (Lipinski definition) is 1. The number of carbonyl (C=O) groups excluding carboxylic acids is 1. The standard InChI is InChI=1S/C16H13Cl2N3O/c17-11-7-5-10(6-8-11)15-9-13(16(19)22)20-21(15)14-4-2-1-3-12(14)18/h1-8,15H,9H2,(H2,19,22). The molecule has 1 unspecified atom stereocenters. The van der Waals surface area contributed by atoms with E-state index in [2.05, 4.69) is 5.10 Å².